The van der Waals surface area contributed by atoms with Gasteiger partial charge >= 0.3 is 0 Å². The van der Waals surface area contributed by atoms with Crippen molar-refractivity contribution < 1.29 is 9.59 Å². The maximum absolute atomic E-state index is 11.9. The second-order valence-electron chi connectivity index (χ2n) is 3.64. The van der Waals surface area contributed by atoms with Crippen LogP contribution in [0.3, 0.4) is 0 Å². The third-order valence-electron chi connectivity index (χ3n) is 2.76. The predicted molar refractivity (Wildman–Crippen MR) is 56.2 cm³/mol. The number of carbonyl (C=O) groups is 2. The first kappa shape index (κ1) is 9.90. The Kier molecular flexibility index (Phi) is 2.54. The summed E-state index contributed by atoms with van der Waals surface area (Å²) in [7, 11) is 0. The van der Waals surface area contributed by atoms with Gasteiger partial charge in [0, 0.05) is 13.0 Å². The summed E-state index contributed by atoms with van der Waals surface area (Å²) in [6.45, 7) is 2.30. The van der Waals surface area contributed by atoms with Crippen molar-refractivity contribution in [1.82, 2.24) is 4.90 Å². The van der Waals surface area contributed by atoms with Crippen molar-refractivity contribution in [1.29, 1.82) is 0 Å². The molecule has 1 aliphatic heterocycles. The van der Waals surface area contributed by atoms with Gasteiger partial charge in [0.25, 0.3) is 0 Å². The average Bonchev–Trinajstić information content (AvgIpc) is 2.55. The van der Waals surface area contributed by atoms with Crippen molar-refractivity contribution in [3.8, 4) is 0 Å². The van der Waals surface area contributed by atoms with E-state index >= 15 is 0 Å². The minimum atomic E-state index is -0.265. The van der Waals surface area contributed by atoms with Gasteiger partial charge in [-0.1, -0.05) is 30.3 Å². The Hall–Kier alpha value is -1.64. The van der Waals surface area contributed by atoms with E-state index in [-0.39, 0.29) is 17.7 Å². The Labute approximate surface area is 88.7 Å². The summed E-state index contributed by atoms with van der Waals surface area (Å²) in [6.07, 6.45) is 0.316. The summed E-state index contributed by atoms with van der Waals surface area (Å²) >= 11 is 0. The van der Waals surface area contributed by atoms with Crippen LogP contribution in [0.1, 0.15) is 24.8 Å². The highest BCUT2D eigenvalue weighted by Crippen LogP contribution is 2.28. The third kappa shape index (κ3) is 1.65. The Morgan fingerprint density at radius 1 is 1.27 bits per heavy atom. The number of hydrogen-bond acceptors (Lipinski definition) is 2. The van der Waals surface area contributed by atoms with Gasteiger partial charge < -0.3 is 0 Å². The monoisotopic (exact) mass is 203 g/mol. The molecule has 0 aromatic heterocycles. The first-order valence-electron chi connectivity index (χ1n) is 5.13. The normalized spacial score (nSPS) is 21.1. The lowest BCUT2D eigenvalue weighted by Crippen LogP contribution is -2.29. The number of carbonyl (C=O) groups excluding carboxylic acids is 2. The van der Waals surface area contributed by atoms with Gasteiger partial charge in [-0.15, -0.1) is 0 Å². The number of benzene rings is 1. The molecule has 1 saturated heterocycles. The molecule has 1 aromatic carbocycles. The second-order valence-corrected chi connectivity index (χ2v) is 3.64. The zero-order valence-electron chi connectivity index (χ0n) is 8.64. The maximum Gasteiger partial charge on any atom is 0.237 e. The molecule has 15 heavy (non-hydrogen) atoms. The first-order valence-corrected chi connectivity index (χ1v) is 5.13. The van der Waals surface area contributed by atoms with Crippen LogP contribution in [0.15, 0.2) is 30.3 Å². The summed E-state index contributed by atoms with van der Waals surface area (Å²) in [5.74, 6) is -0.385. The molecule has 2 rings (SSSR count). The van der Waals surface area contributed by atoms with E-state index in [0.29, 0.717) is 13.0 Å². The van der Waals surface area contributed by atoms with Crippen molar-refractivity contribution in [2.75, 3.05) is 6.54 Å². The standard InChI is InChI=1S/C12H13NO2/c1-2-13-11(14)8-10(12(13)15)9-6-4-3-5-7-9/h3-7,10H,2,8H2,1H3/t10-/m1/s1. The predicted octanol–water partition coefficient (Wildman–Crippen LogP) is 1.55. The van der Waals surface area contributed by atoms with Crippen LogP contribution in [0, 0.1) is 0 Å². The number of rotatable bonds is 2. The lowest BCUT2D eigenvalue weighted by atomic mass is 9.98. The van der Waals surface area contributed by atoms with Crippen LogP contribution >= 0.6 is 0 Å². The van der Waals surface area contributed by atoms with E-state index in [1.807, 2.05) is 37.3 Å². The molecule has 0 bridgehead atoms. The van der Waals surface area contributed by atoms with Crippen molar-refractivity contribution in [2.24, 2.45) is 0 Å². The number of imide groups is 1. The van der Waals surface area contributed by atoms with Crippen molar-refractivity contribution in [3.63, 3.8) is 0 Å². The van der Waals surface area contributed by atoms with Gasteiger partial charge in [0.2, 0.25) is 11.8 Å². The highest BCUT2D eigenvalue weighted by Gasteiger charge is 2.38. The van der Waals surface area contributed by atoms with Gasteiger partial charge in [0.05, 0.1) is 5.92 Å². The summed E-state index contributed by atoms with van der Waals surface area (Å²) in [4.78, 5) is 24.7. The van der Waals surface area contributed by atoms with Gasteiger partial charge in [-0.2, -0.15) is 0 Å². The molecule has 78 valence electrons. The number of nitrogens with zero attached hydrogens (tertiary/aromatic N) is 1. The topological polar surface area (TPSA) is 37.4 Å². The molecule has 0 spiro atoms. The molecule has 0 radical (unpaired) electrons. The molecule has 1 heterocycles. The Balaban J connectivity index is 2.27. The van der Waals surface area contributed by atoms with Crippen molar-refractivity contribution >= 4 is 11.8 Å². The van der Waals surface area contributed by atoms with E-state index < -0.39 is 0 Å². The molecule has 0 aliphatic carbocycles. The van der Waals surface area contributed by atoms with E-state index in [4.69, 9.17) is 0 Å². The third-order valence-corrected chi connectivity index (χ3v) is 2.76. The molecule has 2 amide bonds. The molecule has 1 aliphatic rings. The molecule has 0 saturated carbocycles. The smallest absolute Gasteiger partial charge is 0.237 e. The lowest BCUT2D eigenvalue weighted by Gasteiger charge is -2.11. The van der Waals surface area contributed by atoms with Gasteiger partial charge in [-0.3, -0.25) is 14.5 Å². The molecular formula is C12H13NO2. The molecular weight excluding hydrogens is 190 g/mol. The summed E-state index contributed by atoms with van der Waals surface area (Å²) in [5, 5.41) is 0. The van der Waals surface area contributed by atoms with Gasteiger partial charge in [0.1, 0.15) is 0 Å². The van der Waals surface area contributed by atoms with E-state index in [0.717, 1.165) is 5.56 Å². The Morgan fingerprint density at radius 3 is 2.47 bits per heavy atom. The molecule has 1 atom stereocenters. The summed E-state index contributed by atoms with van der Waals surface area (Å²) in [5.41, 5.74) is 0.937. The highest BCUT2D eigenvalue weighted by molar-refractivity contribution is 6.06. The molecule has 0 N–H and O–H groups in total. The van der Waals surface area contributed by atoms with E-state index in [2.05, 4.69) is 0 Å². The number of hydrogen-bond donors (Lipinski definition) is 0. The van der Waals surface area contributed by atoms with E-state index in [1.54, 1.807) is 0 Å². The van der Waals surface area contributed by atoms with Gasteiger partial charge in [-0.05, 0) is 12.5 Å². The van der Waals surface area contributed by atoms with Crippen LogP contribution < -0.4 is 0 Å². The number of likely N-dealkylation sites (N-methyl/N-ethyl adjacent to an activating group) is 1. The minimum Gasteiger partial charge on any atom is -0.282 e. The highest BCUT2D eigenvalue weighted by atomic mass is 16.2. The van der Waals surface area contributed by atoms with Crippen LogP contribution in [0.4, 0.5) is 0 Å². The summed E-state index contributed by atoms with van der Waals surface area (Å²) < 4.78 is 0. The largest absolute Gasteiger partial charge is 0.282 e. The second kappa shape index (κ2) is 3.85. The van der Waals surface area contributed by atoms with Crippen molar-refractivity contribution in [3.05, 3.63) is 35.9 Å². The molecule has 1 fully saturated rings. The van der Waals surface area contributed by atoms with E-state index in [1.165, 1.54) is 4.90 Å². The van der Waals surface area contributed by atoms with Crippen LogP contribution in [-0.2, 0) is 9.59 Å². The van der Waals surface area contributed by atoms with Crippen molar-refractivity contribution in [2.45, 2.75) is 19.3 Å². The number of likely N-dealkylation sites (tertiary alicyclic amines) is 1. The first-order chi connectivity index (χ1) is 7.24. The van der Waals surface area contributed by atoms with Crippen LogP contribution in [0.25, 0.3) is 0 Å². The molecule has 3 nitrogen and oxygen atoms in total. The molecule has 0 unspecified atom stereocenters. The van der Waals surface area contributed by atoms with Crippen LogP contribution in [-0.4, -0.2) is 23.3 Å². The van der Waals surface area contributed by atoms with Crippen LogP contribution in [0.2, 0.25) is 0 Å². The molecule has 1 aromatic rings. The SMILES string of the molecule is CCN1C(=O)C[C@H](c2ccccc2)C1=O. The average molecular weight is 203 g/mol. The number of amides is 2. The maximum atomic E-state index is 11.9. The minimum absolute atomic E-state index is 0.0589. The fourth-order valence-electron chi connectivity index (χ4n) is 1.96. The van der Waals surface area contributed by atoms with Gasteiger partial charge in [-0.25, -0.2) is 0 Å². The zero-order chi connectivity index (χ0) is 10.8. The Morgan fingerprint density at radius 2 is 1.93 bits per heavy atom. The summed E-state index contributed by atoms with van der Waals surface area (Å²) in [6, 6.07) is 9.48. The fourth-order valence-corrected chi connectivity index (χ4v) is 1.96. The van der Waals surface area contributed by atoms with Crippen LogP contribution in [0.5, 0.6) is 0 Å². The quantitative estimate of drug-likeness (QED) is 0.684. The van der Waals surface area contributed by atoms with E-state index in [9.17, 15) is 9.59 Å². The van der Waals surface area contributed by atoms with Gasteiger partial charge in [0.15, 0.2) is 0 Å². The molecule has 3 heteroatoms. The zero-order valence-corrected chi connectivity index (χ0v) is 8.64. The lowest BCUT2D eigenvalue weighted by molar-refractivity contribution is -0.138. The fraction of sp³-hybridized carbons (Fsp3) is 0.333. The Bertz CT molecular complexity index is 386.